The van der Waals surface area contributed by atoms with Crippen molar-refractivity contribution in [3.05, 3.63) is 27.7 Å². The molecule has 0 fully saturated rings. The van der Waals surface area contributed by atoms with Crippen molar-refractivity contribution in [1.82, 2.24) is 5.48 Å². The van der Waals surface area contributed by atoms with E-state index >= 15 is 0 Å². The van der Waals surface area contributed by atoms with E-state index in [-0.39, 0.29) is 0 Å². The van der Waals surface area contributed by atoms with E-state index in [1.807, 2.05) is 6.92 Å². The molecule has 96 valence electrons. The van der Waals surface area contributed by atoms with Crippen molar-refractivity contribution in [3.8, 4) is 12.3 Å². The Balaban J connectivity index is 2.71. The Kier molecular flexibility index (Phi) is 6.59. The molecular weight excluding hydrogens is 271 g/mol. The molecule has 0 saturated heterocycles. The summed E-state index contributed by atoms with van der Waals surface area (Å²) >= 11 is 12.1. The van der Waals surface area contributed by atoms with Crippen LogP contribution >= 0.6 is 23.2 Å². The summed E-state index contributed by atoms with van der Waals surface area (Å²) in [5.74, 6) is 2.51. The number of benzene rings is 1. The zero-order valence-corrected chi connectivity index (χ0v) is 11.6. The molecule has 5 heteroatoms. The van der Waals surface area contributed by atoms with E-state index in [1.165, 1.54) is 6.34 Å². The van der Waals surface area contributed by atoms with E-state index in [4.69, 9.17) is 34.5 Å². The lowest BCUT2D eigenvalue weighted by molar-refractivity contribution is 0.0890. The van der Waals surface area contributed by atoms with Gasteiger partial charge in [-0.1, -0.05) is 30.1 Å². The highest BCUT2D eigenvalue weighted by atomic mass is 35.5. The molecule has 1 rings (SSSR count). The Morgan fingerprint density at radius 2 is 2.11 bits per heavy atom. The van der Waals surface area contributed by atoms with Gasteiger partial charge < -0.3 is 0 Å². The molecule has 0 atom stereocenters. The number of hydrogen-bond acceptors (Lipinski definition) is 2. The monoisotopic (exact) mass is 284 g/mol. The minimum absolute atomic E-state index is 0.402. The number of hydrogen-bond donors (Lipinski definition) is 1. The molecule has 0 aliphatic rings. The van der Waals surface area contributed by atoms with Gasteiger partial charge in [-0.05, 0) is 18.6 Å². The molecule has 0 bridgehead atoms. The SMILES string of the molecule is C#CCc1c(Cl)cc(N=CNOCCC)cc1Cl. The predicted octanol–water partition coefficient (Wildman–Crippen LogP) is 3.76. The molecule has 3 nitrogen and oxygen atoms in total. The summed E-state index contributed by atoms with van der Waals surface area (Å²) in [6, 6.07) is 3.41. The summed E-state index contributed by atoms with van der Waals surface area (Å²) in [6.07, 6.45) is 8.01. The van der Waals surface area contributed by atoms with Gasteiger partial charge in [-0.3, -0.25) is 10.3 Å². The van der Waals surface area contributed by atoms with Crippen LogP contribution in [-0.2, 0) is 11.3 Å². The van der Waals surface area contributed by atoms with E-state index < -0.39 is 0 Å². The Hall–Kier alpha value is -1.21. The number of terminal acetylenes is 1. The summed E-state index contributed by atoms with van der Waals surface area (Å²) in [5.41, 5.74) is 3.99. The number of halogens is 2. The highest BCUT2D eigenvalue weighted by Crippen LogP contribution is 2.30. The number of rotatable bonds is 6. The van der Waals surface area contributed by atoms with Gasteiger partial charge in [-0.2, -0.15) is 0 Å². The first-order chi connectivity index (χ1) is 8.69. The maximum Gasteiger partial charge on any atom is 0.113 e. The van der Waals surface area contributed by atoms with Crippen LogP contribution in [0.1, 0.15) is 18.9 Å². The third-order valence-corrected chi connectivity index (χ3v) is 2.73. The Labute approximate surface area is 117 Å². The van der Waals surface area contributed by atoms with Gasteiger partial charge in [0.25, 0.3) is 0 Å². The first-order valence-electron chi connectivity index (χ1n) is 5.50. The van der Waals surface area contributed by atoms with Crippen LogP contribution in [0.4, 0.5) is 5.69 Å². The highest BCUT2D eigenvalue weighted by molar-refractivity contribution is 6.36. The van der Waals surface area contributed by atoms with Crippen LogP contribution in [0.3, 0.4) is 0 Å². The van der Waals surface area contributed by atoms with Gasteiger partial charge in [-0.25, -0.2) is 4.99 Å². The lowest BCUT2D eigenvalue weighted by Gasteiger charge is -2.05. The maximum absolute atomic E-state index is 6.07. The first-order valence-corrected chi connectivity index (χ1v) is 6.25. The second-order valence-electron chi connectivity index (χ2n) is 3.49. The van der Waals surface area contributed by atoms with Crippen LogP contribution in [0.5, 0.6) is 0 Å². The highest BCUT2D eigenvalue weighted by Gasteiger charge is 2.06. The minimum Gasteiger partial charge on any atom is -0.275 e. The second-order valence-corrected chi connectivity index (χ2v) is 4.31. The molecule has 0 aliphatic heterocycles. The maximum atomic E-state index is 6.07. The number of hydroxylamine groups is 1. The zero-order chi connectivity index (χ0) is 13.4. The van der Waals surface area contributed by atoms with E-state index in [1.54, 1.807) is 12.1 Å². The van der Waals surface area contributed by atoms with Gasteiger partial charge in [0.2, 0.25) is 0 Å². The van der Waals surface area contributed by atoms with Crippen molar-refractivity contribution in [2.45, 2.75) is 19.8 Å². The van der Waals surface area contributed by atoms with Crippen LogP contribution in [0.25, 0.3) is 0 Å². The third kappa shape index (κ3) is 4.58. The van der Waals surface area contributed by atoms with Gasteiger partial charge in [0, 0.05) is 22.0 Å². The minimum atomic E-state index is 0.402. The fourth-order valence-electron chi connectivity index (χ4n) is 1.23. The lowest BCUT2D eigenvalue weighted by Crippen LogP contribution is -2.12. The molecule has 0 radical (unpaired) electrons. The van der Waals surface area contributed by atoms with Gasteiger partial charge in [0.1, 0.15) is 6.34 Å². The van der Waals surface area contributed by atoms with E-state index in [0.29, 0.717) is 28.8 Å². The molecule has 0 spiro atoms. The molecule has 0 saturated carbocycles. The van der Waals surface area contributed by atoms with Crippen LogP contribution in [-0.4, -0.2) is 12.9 Å². The number of nitrogens with zero attached hydrogens (tertiary/aromatic N) is 1. The van der Waals surface area contributed by atoms with Crippen molar-refractivity contribution in [3.63, 3.8) is 0 Å². The average Bonchev–Trinajstić information content (AvgIpc) is 2.33. The summed E-state index contributed by atoms with van der Waals surface area (Å²) in [6.45, 7) is 2.64. The summed E-state index contributed by atoms with van der Waals surface area (Å²) < 4.78 is 0. The molecular formula is C13H14Cl2N2O. The molecule has 0 unspecified atom stereocenters. The molecule has 0 aromatic heterocycles. The quantitative estimate of drug-likeness (QED) is 0.284. The third-order valence-electron chi connectivity index (χ3n) is 2.06. The molecule has 18 heavy (non-hydrogen) atoms. The standard InChI is InChI=1S/C13H14Cl2N2O/c1-3-5-11-12(14)7-10(8-13(11)15)16-9-17-18-6-4-2/h1,7-9H,4-6H2,2H3,(H,16,17). The zero-order valence-electron chi connectivity index (χ0n) is 10.0. The summed E-state index contributed by atoms with van der Waals surface area (Å²) in [7, 11) is 0. The first kappa shape index (κ1) is 14.8. The Morgan fingerprint density at radius 1 is 1.44 bits per heavy atom. The van der Waals surface area contributed by atoms with Crippen molar-refractivity contribution < 1.29 is 4.84 Å². The van der Waals surface area contributed by atoms with E-state index in [0.717, 1.165) is 12.0 Å². The smallest absolute Gasteiger partial charge is 0.113 e. The van der Waals surface area contributed by atoms with Crippen molar-refractivity contribution in [2.24, 2.45) is 4.99 Å². The molecule has 1 N–H and O–H groups in total. The molecule has 0 amide bonds. The van der Waals surface area contributed by atoms with Crippen molar-refractivity contribution in [1.29, 1.82) is 0 Å². The van der Waals surface area contributed by atoms with Gasteiger partial charge in [0.15, 0.2) is 0 Å². The fraction of sp³-hybridized carbons (Fsp3) is 0.308. The average molecular weight is 285 g/mol. The van der Waals surface area contributed by atoms with Crippen LogP contribution in [0, 0.1) is 12.3 Å². The Morgan fingerprint density at radius 3 is 2.67 bits per heavy atom. The molecule has 0 aliphatic carbocycles. The van der Waals surface area contributed by atoms with Gasteiger partial charge >= 0.3 is 0 Å². The molecule has 0 heterocycles. The second kappa shape index (κ2) is 7.99. The van der Waals surface area contributed by atoms with Crippen LogP contribution in [0.2, 0.25) is 10.0 Å². The number of aliphatic imine (C=N–C) groups is 1. The van der Waals surface area contributed by atoms with E-state index in [9.17, 15) is 0 Å². The topological polar surface area (TPSA) is 33.6 Å². The molecule has 1 aromatic carbocycles. The lowest BCUT2D eigenvalue weighted by atomic mass is 10.1. The van der Waals surface area contributed by atoms with Crippen LogP contribution < -0.4 is 5.48 Å². The normalized spacial score (nSPS) is 10.6. The molecule has 1 aromatic rings. The Bertz CT molecular complexity index is 444. The predicted molar refractivity (Wildman–Crippen MR) is 76.5 cm³/mol. The van der Waals surface area contributed by atoms with Crippen molar-refractivity contribution >= 4 is 35.2 Å². The van der Waals surface area contributed by atoms with Gasteiger partial charge in [0.05, 0.1) is 12.3 Å². The van der Waals surface area contributed by atoms with Gasteiger partial charge in [-0.15, -0.1) is 12.3 Å². The fourth-order valence-corrected chi connectivity index (χ4v) is 1.84. The summed E-state index contributed by atoms with van der Waals surface area (Å²) in [5, 5.41) is 1.03. The summed E-state index contributed by atoms with van der Waals surface area (Å²) in [4.78, 5) is 9.15. The van der Waals surface area contributed by atoms with E-state index in [2.05, 4.69) is 16.4 Å². The largest absolute Gasteiger partial charge is 0.275 e. The number of nitrogens with one attached hydrogen (secondary N) is 1. The van der Waals surface area contributed by atoms with Crippen molar-refractivity contribution in [2.75, 3.05) is 6.61 Å². The van der Waals surface area contributed by atoms with Crippen LogP contribution in [0.15, 0.2) is 17.1 Å².